The van der Waals surface area contributed by atoms with Crippen LogP contribution in [0.1, 0.15) is 142 Å². The van der Waals surface area contributed by atoms with Gasteiger partial charge < -0.3 is 20.1 Å². The molecular formula is C47H76NO8P. The first-order chi connectivity index (χ1) is 27.8. The number of nitrogens with two attached hydrogens (primary N) is 1. The summed E-state index contributed by atoms with van der Waals surface area (Å²) in [5.41, 5.74) is 5.34. The van der Waals surface area contributed by atoms with Crippen molar-refractivity contribution in [1.82, 2.24) is 0 Å². The Bertz CT molecular complexity index is 1290. The highest BCUT2D eigenvalue weighted by molar-refractivity contribution is 7.47. The molecule has 3 N–H and O–H groups in total. The van der Waals surface area contributed by atoms with E-state index in [1.165, 1.54) is 25.7 Å². The van der Waals surface area contributed by atoms with Crippen LogP contribution < -0.4 is 5.73 Å². The summed E-state index contributed by atoms with van der Waals surface area (Å²) in [5, 5.41) is 0. The van der Waals surface area contributed by atoms with Gasteiger partial charge in [-0.15, -0.1) is 0 Å². The lowest BCUT2D eigenvalue weighted by Gasteiger charge is -2.19. The Kier molecular flexibility index (Phi) is 39.8. The molecule has 0 aliphatic carbocycles. The van der Waals surface area contributed by atoms with Crippen molar-refractivity contribution in [2.24, 2.45) is 5.73 Å². The second kappa shape index (κ2) is 42.3. The summed E-state index contributed by atoms with van der Waals surface area (Å²) in [6.07, 6.45) is 55.6. The van der Waals surface area contributed by atoms with Crippen molar-refractivity contribution in [2.75, 3.05) is 26.4 Å². The average Bonchev–Trinajstić information content (AvgIpc) is 3.20. The van der Waals surface area contributed by atoms with Crippen molar-refractivity contribution < 1.29 is 37.6 Å². The highest BCUT2D eigenvalue weighted by atomic mass is 31.2. The third-order valence-electron chi connectivity index (χ3n) is 8.16. The molecule has 0 aliphatic rings. The van der Waals surface area contributed by atoms with Crippen LogP contribution in [-0.2, 0) is 32.7 Å². The van der Waals surface area contributed by atoms with E-state index in [0.717, 1.165) is 77.0 Å². The van der Waals surface area contributed by atoms with Gasteiger partial charge in [-0.2, -0.15) is 0 Å². The van der Waals surface area contributed by atoms with Gasteiger partial charge in [0.1, 0.15) is 6.61 Å². The Labute approximate surface area is 346 Å². The zero-order valence-corrected chi connectivity index (χ0v) is 36.2. The van der Waals surface area contributed by atoms with Crippen LogP contribution in [0.25, 0.3) is 0 Å². The average molecular weight is 814 g/mol. The Morgan fingerprint density at radius 2 is 1.00 bits per heavy atom. The number of rotatable bonds is 38. The molecule has 2 atom stereocenters. The van der Waals surface area contributed by atoms with Crippen molar-refractivity contribution >= 4 is 19.8 Å². The van der Waals surface area contributed by atoms with Crippen LogP contribution in [0.5, 0.6) is 0 Å². The zero-order valence-electron chi connectivity index (χ0n) is 35.3. The summed E-state index contributed by atoms with van der Waals surface area (Å²) in [7, 11) is -4.41. The van der Waals surface area contributed by atoms with Crippen molar-refractivity contribution in [1.29, 1.82) is 0 Å². The fourth-order valence-corrected chi connectivity index (χ4v) is 5.78. The monoisotopic (exact) mass is 814 g/mol. The number of unbranched alkanes of at least 4 members (excludes halogenated alkanes) is 7. The van der Waals surface area contributed by atoms with Gasteiger partial charge >= 0.3 is 19.8 Å². The lowest BCUT2D eigenvalue weighted by molar-refractivity contribution is -0.161. The smallest absolute Gasteiger partial charge is 0.462 e. The van der Waals surface area contributed by atoms with E-state index in [9.17, 15) is 19.0 Å². The van der Waals surface area contributed by atoms with Crippen LogP contribution in [0.4, 0.5) is 0 Å². The number of carbonyl (C=O) groups is 2. The third-order valence-corrected chi connectivity index (χ3v) is 9.14. The summed E-state index contributed by atoms with van der Waals surface area (Å²) >= 11 is 0. The van der Waals surface area contributed by atoms with E-state index in [1.54, 1.807) is 0 Å². The zero-order chi connectivity index (χ0) is 41.8. The van der Waals surface area contributed by atoms with E-state index < -0.39 is 32.5 Å². The maximum absolute atomic E-state index is 12.6. The number of esters is 2. The second-order valence-electron chi connectivity index (χ2n) is 13.5. The van der Waals surface area contributed by atoms with Gasteiger partial charge in [-0.25, -0.2) is 4.57 Å². The SMILES string of the molecule is CCC=CCC=CCC=CCC=CCC=CCC=CCCC(=O)OC[C@H](COP(=O)(O)OCCN)OC(=O)CCCCCCC=CCC=CCC=CCCCCC. The molecule has 0 rings (SSSR count). The minimum atomic E-state index is -4.41. The van der Waals surface area contributed by atoms with Crippen molar-refractivity contribution in [3.63, 3.8) is 0 Å². The maximum Gasteiger partial charge on any atom is 0.472 e. The van der Waals surface area contributed by atoms with E-state index in [4.69, 9.17) is 24.3 Å². The van der Waals surface area contributed by atoms with Crippen molar-refractivity contribution in [3.8, 4) is 0 Å². The summed E-state index contributed by atoms with van der Waals surface area (Å²) in [5.74, 6) is -0.965. The van der Waals surface area contributed by atoms with Crippen LogP contribution >= 0.6 is 7.82 Å². The predicted molar refractivity (Wildman–Crippen MR) is 238 cm³/mol. The van der Waals surface area contributed by atoms with Gasteiger partial charge in [-0.05, 0) is 89.9 Å². The quantitative estimate of drug-likeness (QED) is 0.0270. The van der Waals surface area contributed by atoms with Gasteiger partial charge in [-0.1, -0.05) is 149 Å². The molecule has 0 aromatic heterocycles. The van der Waals surface area contributed by atoms with Crippen molar-refractivity contribution in [2.45, 2.75) is 148 Å². The minimum absolute atomic E-state index is 0.0334. The molecule has 0 saturated heterocycles. The number of ether oxygens (including phenoxy) is 2. The molecular weight excluding hydrogens is 737 g/mol. The fourth-order valence-electron chi connectivity index (χ4n) is 5.02. The molecule has 0 amide bonds. The number of carbonyl (C=O) groups excluding carboxylic acids is 2. The maximum atomic E-state index is 12.6. The topological polar surface area (TPSA) is 134 Å². The number of hydrogen-bond acceptors (Lipinski definition) is 8. The summed E-state index contributed by atoms with van der Waals surface area (Å²) in [6, 6.07) is 0. The minimum Gasteiger partial charge on any atom is -0.462 e. The fraction of sp³-hybridized carbons (Fsp3) is 0.574. The van der Waals surface area contributed by atoms with Crippen LogP contribution in [-0.4, -0.2) is 49.3 Å². The van der Waals surface area contributed by atoms with Gasteiger partial charge in [0, 0.05) is 19.4 Å². The van der Waals surface area contributed by atoms with E-state index in [1.807, 2.05) is 12.2 Å². The Hall–Kier alpha value is -3.33. The molecule has 0 aliphatic heterocycles. The lowest BCUT2D eigenvalue weighted by Crippen LogP contribution is -2.29. The molecule has 0 aromatic rings. The number of allylic oxidation sites excluding steroid dienone is 18. The van der Waals surface area contributed by atoms with E-state index in [-0.39, 0.29) is 32.6 Å². The van der Waals surface area contributed by atoms with Crippen LogP contribution in [0.3, 0.4) is 0 Å². The predicted octanol–water partition coefficient (Wildman–Crippen LogP) is 12.4. The summed E-state index contributed by atoms with van der Waals surface area (Å²) < 4.78 is 32.7. The molecule has 0 saturated carbocycles. The third kappa shape index (κ3) is 42.1. The molecule has 10 heteroatoms. The van der Waals surface area contributed by atoms with Gasteiger partial charge in [-0.3, -0.25) is 18.6 Å². The van der Waals surface area contributed by atoms with E-state index in [2.05, 4.69) is 111 Å². The number of phosphoric ester groups is 1. The van der Waals surface area contributed by atoms with Gasteiger partial charge in [0.15, 0.2) is 6.10 Å². The first-order valence-electron chi connectivity index (χ1n) is 21.4. The Balaban J connectivity index is 4.36. The van der Waals surface area contributed by atoms with Gasteiger partial charge in [0.2, 0.25) is 0 Å². The largest absolute Gasteiger partial charge is 0.472 e. The molecule has 1 unspecified atom stereocenters. The number of hydrogen-bond donors (Lipinski definition) is 2. The number of phosphoric acid groups is 1. The lowest BCUT2D eigenvalue weighted by atomic mass is 10.1. The van der Waals surface area contributed by atoms with Gasteiger partial charge in [0.25, 0.3) is 0 Å². The normalized spacial score (nSPS) is 14.4. The Morgan fingerprint density at radius 1 is 0.544 bits per heavy atom. The van der Waals surface area contributed by atoms with Gasteiger partial charge in [0.05, 0.1) is 13.2 Å². The highest BCUT2D eigenvalue weighted by Gasteiger charge is 2.25. The first kappa shape index (κ1) is 53.7. The highest BCUT2D eigenvalue weighted by Crippen LogP contribution is 2.43. The molecule has 0 radical (unpaired) electrons. The summed E-state index contributed by atoms with van der Waals surface area (Å²) in [4.78, 5) is 34.8. The molecule has 0 aromatic carbocycles. The van der Waals surface area contributed by atoms with E-state index in [0.29, 0.717) is 12.8 Å². The molecule has 0 bridgehead atoms. The Morgan fingerprint density at radius 3 is 1.49 bits per heavy atom. The van der Waals surface area contributed by atoms with Crippen molar-refractivity contribution in [3.05, 3.63) is 109 Å². The van der Waals surface area contributed by atoms with Crippen LogP contribution in [0.2, 0.25) is 0 Å². The molecule has 57 heavy (non-hydrogen) atoms. The van der Waals surface area contributed by atoms with Crippen LogP contribution in [0.15, 0.2) is 109 Å². The molecule has 9 nitrogen and oxygen atoms in total. The second-order valence-corrected chi connectivity index (χ2v) is 14.9. The molecule has 0 heterocycles. The van der Waals surface area contributed by atoms with E-state index >= 15 is 0 Å². The standard InChI is InChI=1S/C47H76NO8P/c1-3-5-7-9-11-13-15-17-19-21-22-24-25-27-29-31-33-35-37-39-46(49)53-43-45(44-55-57(51,52)54-42-41-48)56-47(50)40-38-36-34-32-30-28-26-23-20-18-16-14-12-10-8-6-4-2/h5,7,11-14,17-20,22,24,26-29,33,35,45H,3-4,6,8-10,15-16,21,23,25,30-32,34,36-44,48H2,1-2H3,(H,51,52)/t45-/m1/s1. The molecule has 322 valence electrons. The summed E-state index contributed by atoms with van der Waals surface area (Å²) in [6.45, 7) is 3.44. The van der Waals surface area contributed by atoms with Crippen LogP contribution in [0, 0.1) is 0 Å². The molecule has 0 spiro atoms. The first-order valence-corrected chi connectivity index (χ1v) is 22.9. The molecule has 0 fully saturated rings.